The van der Waals surface area contributed by atoms with Crippen molar-refractivity contribution in [2.24, 2.45) is 0 Å². The zero-order valence-electron chi connectivity index (χ0n) is 12.4. The Morgan fingerprint density at radius 2 is 2.23 bits per heavy atom. The molecule has 0 aliphatic rings. The normalized spacial score (nSPS) is 10.5. The topological polar surface area (TPSA) is 66.9 Å². The van der Waals surface area contributed by atoms with Gasteiger partial charge >= 0.3 is 0 Å². The molecule has 0 aliphatic carbocycles. The minimum Gasteiger partial charge on any atom is -0.360 e. The SMILES string of the molecule is CCCNc1nnc(SCC(=O)Nc2cccc(Cl)c2C)s1. The van der Waals surface area contributed by atoms with Crippen molar-refractivity contribution in [3.63, 3.8) is 0 Å². The predicted octanol–water partition coefficient (Wildman–Crippen LogP) is 4.05. The predicted molar refractivity (Wildman–Crippen MR) is 94.2 cm³/mol. The van der Waals surface area contributed by atoms with Crippen molar-refractivity contribution in [1.29, 1.82) is 0 Å². The van der Waals surface area contributed by atoms with Crippen LogP contribution in [0.5, 0.6) is 0 Å². The molecule has 0 radical (unpaired) electrons. The summed E-state index contributed by atoms with van der Waals surface area (Å²) < 4.78 is 0.775. The van der Waals surface area contributed by atoms with Crippen LogP contribution in [-0.4, -0.2) is 28.4 Å². The standard InChI is InChI=1S/C14H17ClN4OS2/c1-3-7-16-13-18-19-14(22-13)21-8-12(20)17-11-6-4-5-10(15)9(11)2/h4-6H,3,7-8H2,1-2H3,(H,16,18)(H,17,20). The van der Waals surface area contributed by atoms with Gasteiger partial charge in [-0.05, 0) is 31.0 Å². The molecule has 0 aliphatic heterocycles. The Balaban J connectivity index is 1.85. The second kappa shape index (κ2) is 8.36. The molecule has 2 rings (SSSR count). The maximum atomic E-state index is 12.0. The van der Waals surface area contributed by atoms with Crippen LogP contribution in [-0.2, 0) is 4.79 Å². The molecule has 2 aromatic rings. The van der Waals surface area contributed by atoms with E-state index in [1.807, 2.05) is 19.1 Å². The van der Waals surface area contributed by atoms with Crippen LogP contribution in [0.1, 0.15) is 18.9 Å². The lowest BCUT2D eigenvalue weighted by atomic mass is 10.2. The third-order valence-electron chi connectivity index (χ3n) is 2.80. The van der Waals surface area contributed by atoms with Gasteiger partial charge in [0, 0.05) is 17.3 Å². The Kier molecular flexibility index (Phi) is 6.48. The number of hydrogen-bond donors (Lipinski definition) is 2. The number of anilines is 2. The number of nitrogens with zero attached hydrogens (tertiary/aromatic N) is 2. The largest absolute Gasteiger partial charge is 0.360 e. The van der Waals surface area contributed by atoms with E-state index in [4.69, 9.17) is 11.6 Å². The highest BCUT2D eigenvalue weighted by atomic mass is 35.5. The Morgan fingerprint density at radius 1 is 1.41 bits per heavy atom. The van der Waals surface area contributed by atoms with Gasteiger partial charge in [-0.1, -0.05) is 47.7 Å². The second-order valence-electron chi connectivity index (χ2n) is 4.55. The first-order valence-corrected chi connectivity index (χ1v) is 9.03. The van der Waals surface area contributed by atoms with Crippen LogP contribution in [0.3, 0.4) is 0 Å². The van der Waals surface area contributed by atoms with Crippen molar-refractivity contribution in [2.45, 2.75) is 24.6 Å². The molecule has 0 atom stereocenters. The molecule has 1 heterocycles. The number of benzene rings is 1. The number of hydrogen-bond acceptors (Lipinski definition) is 6. The highest BCUT2D eigenvalue weighted by Gasteiger charge is 2.10. The Hall–Kier alpha value is -1.31. The quantitative estimate of drug-likeness (QED) is 0.732. The molecule has 1 aromatic carbocycles. The van der Waals surface area contributed by atoms with E-state index in [-0.39, 0.29) is 11.7 Å². The lowest BCUT2D eigenvalue weighted by Crippen LogP contribution is -2.14. The summed E-state index contributed by atoms with van der Waals surface area (Å²) in [5.41, 5.74) is 1.60. The number of nitrogens with one attached hydrogen (secondary N) is 2. The van der Waals surface area contributed by atoms with Crippen LogP contribution in [0.25, 0.3) is 0 Å². The van der Waals surface area contributed by atoms with E-state index in [9.17, 15) is 4.79 Å². The first-order valence-electron chi connectivity index (χ1n) is 6.85. The van der Waals surface area contributed by atoms with E-state index in [1.165, 1.54) is 23.1 Å². The van der Waals surface area contributed by atoms with Gasteiger partial charge in [-0.25, -0.2) is 0 Å². The number of rotatable bonds is 7. The molecule has 8 heteroatoms. The van der Waals surface area contributed by atoms with Gasteiger partial charge in [-0.3, -0.25) is 4.79 Å². The molecule has 1 amide bonds. The molecule has 0 bridgehead atoms. The molecule has 2 N–H and O–H groups in total. The van der Waals surface area contributed by atoms with E-state index in [0.29, 0.717) is 5.02 Å². The molecule has 0 saturated carbocycles. The van der Waals surface area contributed by atoms with Crippen molar-refractivity contribution in [3.8, 4) is 0 Å². The third kappa shape index (κ3) is 4.86. The zero-order valence-corrected chi connectivity index (χ0v) is 14.7. The van der Waals surface area contributed by atoms with Crippen molar-refractivity contribution in [1.82, 2.24) is 10.2 Å². The average Bonchev–Trinajstić information content (AvgIpc) is 2.96. The fraction of sp³-hybridized carbons (Fsp3) is 0.357. The van der Waals surface area contributed by atoms with Gasteiger partial charge in [-0.15, -0.1) is 10.2 Å². The van der Waals surface area contributed by atoms with Crippen LogP contribution in [0.2, 0.25) is 5.02 Å². The molecule has 0 saturated heterocycles. The lowest BCUT2D eigenvalue weighted by Gasteiger charge is -2.08. The molecule has 5 nitrogen and oxygen atoms in total. The van der Waals surface area contributed by atoms with E-state index < -0.39 is 0 Å². The van der Waals surface area contributed by atoms with Gasteiger partial charge in [-0.2, -0.15) is 0 Å². The molecule has 118 valence electrons. The lowest BCUT2D eigenvalue weighted by molar-refractivity contribution is -0.113. The highest BCUT2D eigenvalue weighted by Crippen LogP contribution is 2.26. The minimum absolute atomic E-state index is 0.0892. The maximum absolute atomic E-state index is 12.0. The van der Waals surface area contributed by atoms with Gasteiger partial charge in [0.15, 0.2) is 4.34 Å². The fourth-order valence-corrected chi connectivity index (χ4v) is 3.38. The first-order chi connectivity index (χ1) is 10.6. The van der Waals surface area contributed by atoms with E-state index >= 15 is 0 Å². The van der Waals surface area contributed by atoms with Gasteiger partial charge < -0.3 is 10.6 Å². The number of aromatic nitrogens is 2. The van der Waals surface area contributed by atoms with Crippen LogP contribution >= 0.6 is 34.7 Å². The molecule has 0 fully saturated rings. The number of thioether (sulfide) groups is 1. The minimum atomic E-state index is -0.0892. The summed E-state index contributed by atoms with van der Waals surface area (Å²) in [4.78, 5) is 12.0. The average molecular weight is 357 g/mol. The Labute approximate surface area is 142 Å². The fourth-order valence-electron chi connectivity index (χ4n) is 1.63. The number of amides is 1. The molecule has 22 heavy (non-hydrogen) atoms. The molecular weight excluding hydrogens is 340 g/mol. The second-order valence-corrected chi connectivity index (χ2v) is 7.16. The first kappa shape index (κ1) is 17.1. The smallest absolute Gasteiger partial charge is 0.234 e. The van der Waals surface area contributed by atoms with Gasteiger partial charge in [0.1, 0.15) is 0 Å². The van der Waals surface area contributed by atoms with Crippen LogP contribution in [0.4, 0.5) is 10.8 Å². The van der Waals surface area contributed by atoms with Crippen molar-refractivity contribution >= 4 is 51.4 Å². The van der Waals surface area contributed by atoms with Crippen LogP contribution < -0.4 is 10.6 Å². The van der Waals surface area contributed by atoms with Gasteiger partial charge in [0.05, 0.1) is 5.75 Å². The van der Waals surface area contributed by atoms with Crippen molar-refractivity contribution in [3.05, 3.63) is 28.8 Å². The van der Waals surface area contributed by atoms with Gasteiger partial charge in [0.25, 0.3) is 0 Å². The van der Waals surface area contributed by atoms with E-state index in [0.717, 1.165) is 33.7 Å². The van der Waals surface area contributed by atoms with Crippen LogP contribution in [0, 0.1) is 6.92 Å². The molecule has 0 unspecified atom stereocenters. The van der Waals surface area contributed by atoms with Crippen molar-refractivity contribution < 1.29 is 4.79 Å². The Bertz CT molecular complexity index is 648. The number of carbonyl (C=O) groups excluding carboxylic acids is 1. The van der Waals surface area contributed by atoms with E-state index in [2.05, 4.69) is 27.8 Å². The molecule has 0 spiro atoms. The summed E-state index contributed by atoms with van der Waals surface area (Å²) in [6.07, 6.45) is 1.03. The zero-order chi connectivity index (χ0) is 15.9. The molecular formula is C14H17ClN4OS2. The van der Waals surface area contributed by atoms with Crippen LogP contribution in [0.15, 0.2) is 22.5 Å². The highest BCUT2D eigenvalue weighted by molar-refractivity contribution is 8.01. The number of carbonyl (C=O) groups is 1. The summed E-state index contributed by atoms with van der Waals surface area (Å²) in [7, 11) is 0. The third-order valence-corrected chi connectivity index (χ3v) is 5.22. The summed E-state index contributed by atoms with van der Waals surface area (Å²) in [5, 5.41) is 15.5. The van der Waals surface area contributed by atoms with Crippen molar-refractivity contribution in [2.75, 3.05) is 22.9 Å². The number of halogens is 1. The summed E-state index contributed by atoms with van der Waals surface area (Å²) in [6, 6.07) is 5.45. The van der Waals surface area contributed by atoms with E-state index in [1.54, 1.807) is 6.07 Å². The maximum Gasteiger partial charge on any atom is 0.234 e. The summed E-state index contributed by atoms with van der Waals surface area (Å²) in [5.74, 6) is 0.197. The van der Waals surface area contributed by atoms with Gasteiger partial charge in [0.2, 0.25) is 11.0 Å². The summed E-state index contributed by atoms with van der Waals surface area (Å²) in [6.45, 7) is 4.83. The Morgan fingerprint density at radius 3 is 3.00 bits per heavy atom. The molecule has 1 aromatic heterocycles. The summed E-state index contributed by atoms with van der Waals surface area (Å²) >= 11 is 8.86. The monoisotopic (exact) mass is 356 g/mol.